The fourth-order valence-corrected chi connectivity index (χ4v) is 0.847. The Morgan fingerprint density at radius 1 is 1.80 bits per heavy atom. The number of amides is 1. The van der Waals surface area contributed by atoms with Gasteiger partial charge in [-0.05, 0) is 6.42 Å². The van der Waals surface area contributed by atoms with Gasteiger partial charge in [0.1, 0.15) is 0 Å². The summed E-state index contributed by atoms with van der Waals surface area (Å²) in [6, 6.07) is 0. The van der Waals surface area contributed by atoms with Crippen molar-refractivity contribution >= 4 is 5.91 Å². The molecule has 0 aromatic carbocycles. The number of primary amides is 1. The van der Waals surface area contributed by atoms with Crippen molar-refractivity contribution in [2.75, 3.05) is 6.54 Å². The molecule has 0 bridgehead atoms. The van der Waals surface area contributed by atoms with Gasteiger partial charge in [0.15, 0.2) is 0 Å². The third-order valence-electron chi connectivity index (χ3n) is 1.40. The van der Waals surface area contributed by atoms with Crippen molar-refractivity contribution in [3.05, 3.63) is 11.3 Å². The number of hydrogen-bond acceptors (Lipinski definition) is 3. The molecular weight excluding hydrogens is 130 g/mol. The van der Waals surface area contributed by atoms with Crippen molar-refractivity contribution in [2.24, 2.45) is 16.0 Å². The van der Waals surface area contributed by atoms with E-state index in [9.17, 15) is 4.79 Å². The van der Waals surface area contributed by atoms with Gasteiger partial charge in [-0.2, -0.15) is 10.2 Å². The summed E-state index contributed by atoms with van der Waals surface area (Å²) in [5.41, 5.74) is 6.33. The number of hydrogen-bond donors (Lipinski definition) is 1. The van der Waals surface area contributed by atoms with Crippen LogP contribution in [-0.4, -0.2) is 12.5 Å². The first-order chi connectivity index (χ1) is 4.75. The van der Waals surface area contributed by atoms with Crippen molar-refractivity contribution in [1.82, 2.24) is 0 Å². The highest BCUT2D eigenvalue weighted by atomic mass is 16.1. The molecule has 1 aliphatic rings. The van der Waals surface area contributed by atoms with Gasteiger partial charge in [0.25, 0.3) is 0 Å². The Kier molecular flexibility index (Phi) is 1.80. The molecule has 1 heterocycles. The van der Waals surface area contributed by atoms with Gasteiger partial charge in [-0.1, -0.05) is 6.92 Å². The molecule has 0 aromatic heterocycles. The summed E-state index contributed by atoms with van der Waals surface area (Å²) in [5.74, 6) is -0.401. The number of carbonyl (C=O) groups is 1. The van der Waals surface area contributed by atoms with E-state index >= 15 is 0 Å². The number of nitrogens with two attached hydrogens (primary N) is 1. The SMILES string of the molecule is CCC1=C(C(N)=O)CN=N1. The summed E-state index contributed by atoms with van der Waals surface area (Å²) in [6.45, 7) is 2.28. The van der Waals surface area contributed by atoms with Crippen LogP contribution in [-0.2, 0) is 4.79 Å². The molecule has 0 spiro atoms. The zero-order valence-electron chi connectivity index (χ0n) is 5.79. The van der Waals surface area contributed by atoms with Crippen molar-refractivity contribution < 1.29 is 4.79 Å². The summed E-state index contributed by atoms with van der Waals surface area (Å²) >= 11 is 0. The lowest BCUT2D eigenvalue weighted by Gasteiger charge is -1.93. The van der Waals surface area contributed by atoms with Crippen molar-refractivity contribution in [3.8, 4) is 0 Å². The van der Waals surface area contributed by atoms with Gasteiger partial charge in [0.2, 0.25) is 5.91 Å². The van der Waals surface area contributed by atoms with Gasteiger partial charge in [-0.3, -0.25) is 4.79 Å². The van der Waals surface area contributed by atoms with Crippen LogP contribution in [0, 0.1) is 0 Å². The lowest BCUT2D eigenvalue weighted by atomic mass is 10.2. The third kappa shape index (κ3) is 1.05. The molecule has 1 aliphatic heterocycles. The van der Waals surface area contributed by atoms with Crippen LogP contribution >= 0.6 is 0 Å². The molecule has 0 radical (unpaired) electrons. The van der Waals surface area contributed by atoms with Crippen LogP contribution in [0.25, 0.3) is 0 Å². The Labute approximate surface area is 58.8 Å². The maximum Gasteiger partial charge on any atom is 0.248 e. The Hall–Kier alpha value is -1.19. The molecule has 1 rings (SSSR count). The van der Waals surface area contributed by atoms with Gasteiger partial charge >= 0.3 is 0 Å². The zero-order chi connectivity index (χ0) is 7.56. The van der Waals surface area contributed by atoms with Crippen molar-refractivity contribution in [3.63, 3.8) is 0 Å². The molecule has 0 aromatic rings. The van der Waals surface area contributed by atoms with Gasteiger partial charge in [-0.25, -0.2) is 0 Å². The average Bonchev–Trinajstić information content (AvgIpc) is 2.33. The summed E-state index contributed by atoms with van der Waals surface area (Å²) in [7, 11) is 0. The van der Waals surface area contributed by atoms with Crippen molar-refractivity contribution in [1.29, 1.82) is 0 Å². The van der Waals surface area contributed by atoms with E-state index in [1.807, 2.05) is 6.92 Å². The highest BCUT2D eigenvalue weighted by Gasteiger charge is 2.14. The van der Waals surface area contributed by atoms with E-state index < -0.39 is 5.91 Å². The minimum atomic E-state index is -0.401. The molecule has 54 valence electrons. The van der Waals surface area contributed by atoms with Gasteiger partial charge in [0.05, 0.1) is 17.8 Å². The first kappa shape index (κ1) is 6.92. The molecule has 0 saturated heterocycles. The lowest BCUT2D eigenvalue weighted by molar-refractivity contribution is -0.114. The van der Waals surface area contributed by atoms with E-state index in [4.69, 9.17) is 5.73 Å². The smallest absolute Gasteiger partial charge is 0.248 e. The number of carbonyl (C=O) groups excluding carboxylic acids is 1. The lowest BCUT2D eigenvalue weighted by Crippen LogP contribution is -2.15. The summed E-state index contributed by atoms with van der Waals surface area (Å²) in [6.07, 6.45) is 0.724. The second-order valence-electron chi connectivity index (χ2n) is 2.04. The standard InChI is InChI=1S/C6H9N3O/c1-2-5-4(6(7)10)3-8-9-5/h2-3H2,1H3,(H2,7,10). The van der Waals surface area contributed by atoms with E-state index in [0.717, 1.165) is 12.1 Å². The predicted octanol–water partition coefficient (Wildman–Crippen LogP) is 0.602. The normalized spacial score (nSPS) is 16.5. The van der Waals surface area contributed by atoms with Crippen LogP contribution in [0.5, 0.6) is 0 Å². The number of nitrogens with zero attached hydrogens (tertiary/aromatic N) is 2. The van der Waals surface area contributed by atoms with Crippen LogP contribution in [0.2, 0.25) is 0 Å². The quantitative estimate of drug-likeness (QED) is 0.598. The van der Waals surface area contributed by atoms with E-state index in [-0.39, 0.29) is 0 Å². The summed E-state index contributed by atoms with van der Waals surface area (Å²) in [4.78, 5) is 10.6. The van der Waals surface area contributed by atoms with Gasteiger partial charge < -0.3 is 5.73 Å². The van der Waals surface area contributed by atoms with E-state index in [1.54, 1.807) is 0 Å². The monoisotopic (exact) mass is 139 g/mol. The highest BCUT2D eigenvalue weighted by molar-refractivity contribution is 5.93. The van der Waals surface area contributed by atoms with E-state index in [0.29, 0.717) is 12.1 Å². The molecule has 4 nitrogen and oxygen atoms in total. The molecule has 0 fully saturated rings. The first-order valence-electron chi connectivity index (χ1n) is 3.15. The van der Waals surface area contributed by atoms with Gasteiger partial charge in [0, 0.05) is 0 Å². The molecule has 1 amide bonds. The molecule has 2 N–H and O–H groups in total. The first-order valence-corrected chi connectivity index (χ1v) is 3.15. The number of allylic oxidation sites excluding steroid dienone is 1. The Balaban J connectivity index is 2.85. The second kappa shape index (κ2) is 2.60. The van der Waals surface area contributed by atoms with Crippen LogP contribution in [0.3, 0.4) is 0 Å². The molecule has 0 aliphatic carbocycles. The van der Waals surface area contributed by atoms with Crippen LogP contribution in [0.1, 0.15) is 13.3 Å². The Morgan fingerprint density at radius 2 is 2.50 bits per heavy atom. The van der Waals surface area contributed by atoms with Crippen LogP contribution < -0.4 is 5.73 Å². The minimum absolute atomic E-state index is 0.360. The maximum atomic E-state index is 10.6. The fraction of sp³-hybridized carbons (Fsp3) is 0.500. The predicted molar refractivity (Wildman–Crippen MR) is 36.2 cm³/mol. The zero-order valence-corrected chi connectivity index (χ0v) is 5.79. The van der Waals surface area contributed by atoms with Crippen molar-refractivity contribution in [2.45, 2.75) is 13.3 Å². The Bertz CT molecular complexity index is 217. The molecule has 4 heteroatoms. The van der Waals surface area contributed by atoms with Crippen LogP contribution in [0.15, 0.2) is 21.5 Å². The van der Waals surface area contributed by atoms with E-state index in [2.05, 4.69) is 10.2 Å². The minimum Gasteiger partial charge on any atom is -0.366 e. The highest BCUT2D eigenvalue weighted by Crippen LogP contribution is 2.16. The summed E-state index contributed by atoms with van der Waals surface area (Å²) < 4.78 is 0. The summed E-state index contributed by atoms with van der Waals surface area (Å²) in [5, 5.41) is 7.45. The molecule has 0 saturated carbocycles. The Morgan fingerprint density at radius 3 is 2.90 bits per heavy atom. The van der Waals surface area contributed by atoms with Crippen LogP contribution in [0.4, 0.5) is 0 Å². The maximum absolute atomic E-state index is 10.6. The molecule has 0 atom stereocenters. The molecule has 10 heavy (non-hydrogen) atoms. The number of azo groups is 1. The largest absolute Gasteiger partial charge is 0.366 e. The number of rotatable bonds is 2. The molecule has 0 unspecified atom stereocenters. The fourth-order valence-electron chi connectivity index (χ4n) is 0.847. The second-order valence-corrected chi connectivity index (χ2v) is 2.04. The van der Waals surface area contributed by atoms with E-state index in [1.165, 1.54) is 0 Å². The molecular formula is C6H9N3O. The topological polar surface area (TPSA) is 67.8 Å². The average molecular weight is 139 g/mol. The third-order valence-corrected chi connectivity index (χ3v) is 1.40. The van der Waals surface area contributed by atoms with Gasteiger partial charge in [-0.15, -0.1) is 0 Å².